The summed E-state index contributed by atoms with van der Waals surface area (Å²) in [6, 6.07) is 13.0. The van der Waals surface area contributed by atoms with Crippen LogP contribution >= 0.6 is 11.3 Å². The number of hydrogen-bond donors (Lipinski definition) is 2. The van der Waals surface area contributed by atoms with Crippen LogP contribution in [0.1, 0.15) is 37.5 Å². The fourth-order valence-corrected chi connectivity index (χ4v) is 4.60. The van der Waals surface area contributed by atoms with Crippen molar-refractivity contribution in [2.75, 3.05) is 4.90 Å². The summed E-state index contributed by atoms with van der Waals surface area (Å²) in [5.41, 5.74) is 2.26. The highest BCUT2D eigenvalue weighted by Gasteiger charge is 2.46. The van der Waals surface area contributed by atoms with E-state index in [2.05, 4.69) is 4.98 Å². The van der Waals surface area contributed by atoms with E-state index in [9.17, 15) is 19.8 Å². The highest BCUT2D eigenvalue weighted by Crippen LogP contribution is 2.45. The van der Waals surface area contributed by atoms with E-state index in [1.807, 2.05) is 13.0 Å². The van der Waals surface area contributed by atoms with Crippen molar-refractivity contribution in [3.8, 4) is 5.75 Å². The van der Waals surface area contributed by atoms with Gasteiger partial charge in [0, 0.05) is 0 Å². The summed E-state index contributed by atoms with van der Waals surface area (Å²) < 4.78 is 0. The van der Waals surface area contributed by atoms with E-state index in [4.69, 9.17) is 0 Å². The molecule has 1 atom stereocenters. The number of Topliss-reactive ketones (excluding diaryl/α,β-unsaturated/α-hetero) is 1. The molecule has 2 N–H and O–H groups in total. The fourth-order valence-electron chi connectivity index (χ4n) is 3.73. The SMILES string of the molecule is Cc1ccc(O)c(N2C(=O)C(O)=C(C(=O)c3sc(C)nc3C)C2c2ccccc2)c1. The van der Waals surface area contributed by atoms with Crippen LogP contribution in [0.4, 0.5) is 5.69 Å². The van der Waals surface area contributed by atoms with Crippen molar-refractivity contribution in [3.05, 3.63) is 86.6 Å². The first-order chi connectivity index (χ1) is 14.3. The summed E-state index contributed by atoms with van der Waals surface area (Å²) in [7, 11) is 0. The molecule has 152 valence electrons. The zero-order valence-corrected chi connectivity index (χ0v) is 17.5. The van der Waals surface area contributed by atoms with E-state index < -0.39 is 23.5 Å². The molecule has 0 aliphatic carbocycles. The Hall–Kier alpha value is -3.45. The van der Waals surface area contributed by atoms with Crippen molar-refractivity contribution < 1.29 is 19.8 Å². The van der Waals surface area contributed by atoms with Crippen LogP contribution in [-0.2, 0) is 4.79 Å². The normalized spacial score (nSPS) is 16.4. The van der Waals surface area contributed by atoms with E-state index >= 15 is 0 Å². The quantitative estimate of drug-likeness (QED) is 0.604. The number of rotatable bonds is 4. The van der Waals surface area contributed by atoms with Gasteiger partial charge in [-0.15, -0.1) is 11.3 Å². The Morgan fingerprint density at radius 2 is 1.77 bits per heavy atom. The van der Waals surface area contributed by atoms with Gasteiger partial charge in [0.05, 0.1) is 32.9 Å². The second kappa shape index (κ2) is 7.42. The summed E-state index contributed by atoms with van der Waals surface area (Å²) in [6.45, 7) is 5.37. The fraction of sp³-hybridized carbons (Fsp3) is 0.174. The van der Waals surface area contributed by atoms with Gasteiger partial charge in [-0.1, -0.05) is 36.4 Å². The third-order valence-corrected chi connectivity index (χ3v) is 6.14. The molecule has 1 aliphatic rings. The first-order valence-corrected chi connectivity index (χ1v) is 10.2. The van der Waals surface area contributed by atoms with Crippen LogP contribution in [0.2, 0.25) is 0 Å². The molecule has 1 aromatic heterocycles. The molecule has 30 heavy (non-hydrogen) atoms. The molecule has 0 fully saturated rings. The second-order valence-electron chi connectivity index (χ2n) is 7.22. The van der Waals surface area contributed by atoms with Crippen LogP contribution in [0, 0.1) is 20.8 Å². The van der Waals surface area contributed by atoms with Gasteiger partial charge in [0.25, 0.3) is 5.91 Å². The number of aliphatic hydroxyl groups excluding tert-OH is 1. The lowest BCUT2D eigenvalue weighted by atomic mass is 9.94. The largest absolute Gasteiger partial charge is 0.506 e. The summed E-state index contributed by atoms with van der Waals surface area (Å²) >= 11 is 1.23. The number of amides is 1. The molecule has 0 radical (unpaired) electrons. The number of anilines is 1. The predicted molar refractivity (Wildman–Crippen MR) is 115 cm³/mol. The van der Waals surface area contributed by atoms with Crippen LogP contribution in [0.5, 0.6) is 5.75 Å². The average Bonchev–Trinajstić information content (AvgIpc) is 3.20. The van der Waals surface area contributed by atoms with Crippen molar-refractivity contribution >= 4 is 28.7 Å². The third kappa shape index (κ3) is 3.17. The Kier molecular flexibility index (Phi) is 4.91. The molecule has 0 saturated carbocycles. The Balaban J connectivity index is 1.92. The number of carbonyl (C=O) groups is 2. The van der Waals surface area contributed by atoms with Gasteiger partial charge in [0.2, 0.25) is 5.78 Å². The number of nitrogens with zero attached hydrogens (tertiary/aromatic N) is 2. The molecule has 3 aromatic rings. The molecule has 0 spiro atoms. The van der Waals surface area contributed by atoms with Gasteiger partial charge < -0.3 is 10.2 Å². The third-order valence-electron chi connectivity index (χ3n) is 5.07. The van der Waals surface area contributed by atoms with Crippen molar-refractivity contribution in [1.82, 2.24) is 4.98 Å². The maximum atomic E-state index is 13.5. The molecule has 4 rings (SSSR count). The number of phenolic OH excluding ortho intramolecular Hbond substituents is 1. The van der Waals surface area contributed by atoms with E-state index in [-0.39, 0.29) is 17.0 Å². The molecule has 1 unspecified atom stereocenters. The summed E-state index contributed by atoms with van der Waals surface area (Å²) in [6.07, 6.45) is 0. The molecule has 2 heterocycles. The Bertz CT molecular complexity index is 1200. The average molecular weight is 420 g/mol. The predicted octanol–water partition coefficient (Wildman–Crippen LogP) is 4.56. The molecule has 1 amide bonds. The van der Waals surface area contributed by atoms with E-state index in [1.54, 1.807) is 50.2 Å². The van der Waals surface area contributed by atoms with Crippen molar-refractivity contribution in [2.45, 2.75) is 26.8 Å². The first-order valence-electron chi connectivity index (χ1n) is 9.39. The molecular formula is C23H20N2O4S. The van der Waals surface area contributed by atoms with Crippen molar-refractivity contribution in [3.63, 3.8) is 0 Å². The van der Waals surface area contributed by atoms with Gasteiger partial charge in [-0.2, -0.15) is 0 Å². The Morgan fingerprint density at radius 3 is 2.40 bits per heavy atom. The topological polar surface area (TPSA) is 90.7 Å². The maximum Gasteiger partial charge on any atom is 0.294 e. The molecule has 0 bridgehead atoms. The minimum Gasteiger partial charge on any atom is -0.506 e. The Morgan fingerprint density at radius 1 is 1.07 bits per heavy atom. The second-order valence-corrected chi connectivity index (χ2v) is 8.42. The van der Waals surface area contributed by atoms with E-state index in [0.717, 1.165) is 10.6 Å². The lowest BCUT2D eigenvalue weighted by molar-refractivity contribution is -0.117. The number of aromatic nitrogens is 1. The summed E-state index contributed by atoms with van der Waals surface area (Å²) in [5, 5.41) is 22.0. The standard InChI is InChI=1S/C23H20N2O4S/c1-12-9-10-17(26)16(11-12)25-19(15-7-5-4-6-8-15)18(21(28)23(25)29)20(27)22-13(2)24-14(3)30-22/h4-11,19,26,28H,1-3H3. The van der Waals surface area contributed by atoms with Crippen molar-refractivity contribution in [1.29, 1.82) is 0 Å². The van der Waals surface area contributed by atoms with Crippen LogP contribution in [0.25, 0.3) is 0 Å². The van der Waals surface area contributed by atoms with Crippen LogP contribution in [0.15, 0.2) is 59.9 Å². The lowest BCUT2D eigenvalue weighted by Gasteiger charge is -2.27. The molecule has 2 aromatic carbocycles. The van der Waals surface area contributed by atoms with Crippen LogP contribution < -0.4 is 4.90 Å². The Labute approximate surface area is 177 Å². The summed E-state index contributed by atoms with van der Waals surface area (Å²) in [4.78, 5) is 32.6. The number of phenols is 1. The van der Waals surface area contributed by atoms with E-state index in [0.29, 0.717) is 16.1 Å². The van der Waals surface area contributed by atoms with Gasteiger partial charge in [-0.3, -0.25) is 14.5 Å². The van der Waals surface area contributed by atoms with Crippen molar-refractivity contribution in [2.24, 2.45) is 0 Å². The molecule has 7 heteroatoms. The number of aliphatic hydroxyl groups is 1. The molecule has 0 saturated heterocycles. The van der Waals surface area contributed by atoms with Gasteiger partial charge in [0.15, 0.2) is 5.76 Å². The number of aromatic hydroxyl groups is 1. The van der Waals surface area contributed by atoms with Gasteiger partial charge >= 0.3 is 0 Å². The molecule has 1 aliphatic heterocycles. The number of ketones is 1. The number of benzene rings is 2. The lowest BCUT2D eigenvalue weighted by Crippen LogP contribution is -2.31. The highest BCUT2D eigenvalue weighted by atomic mass is 32.1. The minimum absolute atomic E-state index is 0.0149. The zero-order valence-electron chi connectivity index (χ0n) is 16.7. The monoisotopic (exact) mass is 420 g/mol. The van der Waals surface area contributed by atoms with Crippen LogP contribution in [-0.4, -0.2) is 26.9 Å². The smallest absolute Gasteiger partial charge is 0.294 e. The number of thiazole rings is 1. The molecule has 6 nitrogen and oxygen atoms in total. The number of carbonyl (C=O) groups excluding carboxylic acids is 2. The maximum absolute atomic E-state index is 13.5. The highest BCUT2D eigenvalue weighted by molar-refractivity contribution is 7.14. The summed E-state index contributed by atoms with van der Waals surface area (Å²) in [5.74, 6) is -1.89. The van der Waals surface area contributed by atoms with Gasteiger partial charge in [0.1, 0.15) is 5.75 Å². The number of hydrogen-bond acceptors (Lipinski definition) is 6. The first kappa shape index (κ1) is 19.8. The van der Waals surface area contributed by atoms with E-state index in [1.165, 1.54) is 22.3 Å². The number of aryl methyl sites for hydroxylation is 3. The zero-order chi connectivity index (χ0) is 21.6. The minimum atomic E-state index is -0.874. The van der Waals surface area contributed by atoms with Gasteiger partial charge in [-0.25, -0.2) is 4.98 Å². The van der Waals surface area contributed by atoms with Gasteiger partial charge in [-0.05, 0) is 44.0 Å². The van der Waals surface area contributed by atoms with Crippen LogP contribution in [0.3, 0.4) is 0 Å². The molecular weight excluding hydrogens is 400 g/mol.